The molecule has 152 valence electrons. The van der Waals surface area contributed by atoms with E-state index < -0.39 is 0 Å². The zero-order chi connectivity index (χ0) is 20.0. The Balaban J connectivity index is 1.29. The molecule has 0 radical (unpaired) electrons. The molecule has 0 saturated carbocycles. The zero-order valence-electron chi connectivity index (χ0n) is 16.2. The Bertz CT molecular complexity index is 1000. The topological polar surface area (TPSA) is 65.6 Å². The lowest BCUT2D eigenvalue weighted by Crippen LogP contribution is -2.37. The predicted molar refractivity (Wildman–Crippen MR) is 109 cm³/mol. The van der Waals surface area contributed by atoms with Crippen molar-refractivity contribution in [3.63, 3.8) is 0 Å². The van der Waals surface area contributed by atoms with Crippen molar-refractivity contribution in [2.45, 2.75) is 13.5 Å². The summed E-state index contributed by atoms with van der Waals surface area (Å²) in [5.41, 5.74) is 2.53. The van der Waals surface area contributed by atoms with Gasteiger partial charge in [0.15, 0.2) is 10.9 Å². The number of thiazole rings is 1. The van der Waals surface area contributed by atoms with Gasteiger partial charge in [0.2, 0.25) is 0 Å². The molecule has 2 aromatic heterocycles. The average molecular weight is 415 g/mol. The first kappa shape index (κ1) is 18.7. The molecule has 0 spiro atoms. The fourth-order valence-electron chi connectivity index (χ4n) is 4.65. The minimum absolute atomic E-state index is 0.142. The lowest BCUT2D eigenvalue weighted by Gasteiger charge is -2.26. The summed E-state index contributed by atoms with van der Waals surface area (Å²) in [5, 5.41) is 17.2. The summed E-state index contributed by atoms with van der Waals surface area (Å²) in [5.74, 6) is 1.01. The van der Waals surface area contributed by atoms with Gasteiger partial charge in [-0.1, -0.05) is 5.16 Å². The highest BCUT2D eigenvalue weighted by Crippen LogP contribution is 2.45. The van der Waals surface area contributed by atoms with Crippen LogP contribution in [0.4, 0.5) is 9.52 Å². The van der Waals surface area contributed by atoms with Crippen molar-refractivity contribution in [3.8, 4) is 11.3 Å². The molecule has 2 aliphatic heterocycles. The zero-order valence-corrected chi connectivity index (χ0v) is 17.0. The number of aromatic nitrogens is 2. The lowest BCUT2D eigenvalue weighted by atomic mass is 9.82. The van der Waals surface area contributed by atoms with E-state index in [1.807, 2.05) is 18.4 Å². The first-order valence-corrected chi connectivity index (χ1v) is 10.6. The average Bonchev–Trinajstić information content (AvgIpc) is 3.45. The molecule has 2 fully saturated rings. The van der Waals surface area contributed by atoms with Gasteiger partial charge in [-0.2, -0.15) is 0 Å². The van der Waals surface area contributed by atoms with Crippen molar-refractivity contribution in [1.29, 1.82) is 0 Å². The van der Waals surface area contributed by atoms with Crippen LogP contribution in [0.2, 0.25) is 0 Å². The molecule has 0 amide bonds. The minimum Gasteiger partial charge on any atom is -0.396 e. The van der Waals surface area contributed by atoms with Crippen LogP contribution in [0.1, 0.15) is 11.5 Å². The van der Waals surface area contributed by atoms with Crippen LogP contribution in [0.5, 0.6) is 0 Å². The van der Waals surface area contributed by atoms with Gasteiger partial charge in [0.05, 0.1) is 24.5 Å². The monoisotopic (exact) mass is 414 g/mol. The molecule has 5 rings (SSSR count). The van der Waals surface area contributed by atoms with Crippen LogP contribution >= 0.6 is 11.3 Å². The third-order valence-corrected chi connectivity index (χ3v) is 7.00. The van der Waals surface area contributed by atoms with Crippen LogP contribution in [0.25, 0.3) is 11.3 Å². The fourth-order valence-corrected chi connectivity index (χ4v) is 5.50. The standard InChI is InChI=1S/C21H23FN4O2S/c1-14-6-18(28-24-14)9-25-7-16-8-26(12-21(16,11-25)13-27)20-23-19(10-29-20)15-2-4-17(22)5-3-15/h2-6,10,16,27H,7-9,11-13H2,1H3. The number of rotatable bonds is 5. The highest BCUT2D eigenvalue weighted by atomic mass is 32.1. The van der Waals surface area contributed by atoms with E-state index in [1.54, 1.807) is 23.5 Å². The number of hydrogen-bond donors (Lipinski definition) is 1. The fraction of sp³-hybridized carbons (Fsp3) is 0.429. The summed E-state index contributed by atoms with van der Waals surface area (Å²) in [6, 6.07) is 8.40. The number of halogens is 1. The maximum absolute atomic E-state index is 13.2. The minimum atomic E-state index is -0.244. The SMILES string of the molecule is Cc1cc(CN2CC3CN(c4nc(-c5ccc(F)cc5)cs4)CC3(CO)C2)on1. The number of fused-ring (bicyclic) bond motifs is 1. The molecule has 8 heteroatoms. The van der Waals surface area contributed by atoms with Gasteiger partial charge in [-0.25, -0.2) is 9.37 Å². The Kier molecular flexibility index (Phi) is 4.64. The van der Waals surface area contributed by atoms with Crippen LogP contribution in [-0.4, -0.2) is 52.9 Å². The highest BCUT2D eigenvalue weighted by molar-refractivity contribution is 7.14. The van der Waals surface area contributed by atoms with Gasteiger partial charge >= 0.3 is 0 Å². The Morgan fingerprint density at radius 3 is 2.79 bits per heavy atom. The molecule has 1 aromatic carbocycles. The molecule has 0 aliphatic carbocycles. The molecule has 29 heavy (non-hydrogen) atoms. The number of aliphatic hydroxyl groups excluding tert-OH is 1. The molecule has 2 atom stereocenters. The second kappa shape index (κ2) is 7.19. The normalized spacial score (nSPS) is 24.4. The van der Waals surface area contributed by atoms with Crippen molar-refractivity contribution < 1.29 is 14.0 Å². The third kappa shape index (κ3) is 3.45. The molecule has 2 aliphatic rings. The van der Waals surface area contributed by atoms with Gasteiger partial charge in [-0.15, -0.1) is 11.3 Å². The van der Waals surface area contributed by atoms with Gasteiger partial charge in [0.1, 0.15) is 5.82 Å². The van der Waals surface area contributed by atoms with E-state index in [-0.39, 0.29) is 17.8 Å². The number of aliphatic hydroxyl groups is 1. The maximum Gasteiger partial charge on any atom is 0.185 e. The summed E-state index contributed by atoms with van der Waals surface area (Å²) >= 11 is 1.60. The summed E-state index contributed by atoms with van der Waals surface area (Å²) in [7, 11) is 0. The number of likely N-dealkylation sites (tertiary alicyclic amines) is 1. The molecule has 3 aromatic rings. The van der Waals surface area contributed by atoms with E-state index in [9.17, 15) is 9.50 Å². The van der Waals surface area contributed by atoms with Gasteiger partial charge < -0.3 is 14.5 Å². The maximum atomic E-state index is 13.2. The Morgan fingerprint density at radius 2 is 2.10 bits per heavy atom. The van der Waals surface area contributed by atoms with Gasteiger partial charge in [0, 0.05) is 48.6 Å². The summed E-state index contributed by atoms with van der Waals surface area (Å²) in [4.78, 5) is 9.42. The van der Waals surface area contributed by atoms with E-state index in [0.717, 1.165) is 60.6 Å². The van der Waals surface area contributed by atoms with Gasteiger partial charge in [-0.05, 0) is 37.1 Å². The van der Waals surface area contributed by atoms with Crippen molar-refractivity contribution in [2.24, 2.45) is 11.3 Å². The predicted octanol–water partition coefficient (Wildman–Crippen LogP) is 3.18. The lowest BCUT2D eigenvalue weighted by molar-refractivity contribution is 0.124. The van der Waals surface area contributed by atoms with Crippen molar-refractivity contribution in [1.82, 2.24) is 15.0 Å². The van der Waals surface area contributed by atoms with Crippen LogP contribution in [0.3, 0.4) is 0 Å². The third-order valence-electron chi connectivity index (χ3n) is 6.10. The van der Waals surface area contributed by atoms with Crippen molar-refractivity contribution in [3.05, 3.63) is 53.0 Å². The molecule has 2 saturated heterocycles. The number of hydrogen-bond acceptors (Lipinski definition) is 7. The number of aryl methyl sites for hydroxylation is 1. The van der Waals surface area contributed by atoms with Crippen molar-refractivity contribution in [2.75, 3.05) is 37.7 Å². The summed E-state index contributed by atoms with van der Waals surface area (Å²) < 4.78 is 18.5. The smallest absolute Gasteiger partial charge is 0.185 e. The molecule has 6 nitrogen and oxygen atoms in total. The molecular formula is C21H23FN4O2S. The van der Waals surface area contributed by atoms with E-state index in [0.29, 0.717) is 5.92 Å². The van der Waals surface area contributed by atoms with Gasteiger partial charge in [0.25, 0.3) is 0 Å². The molecule has 4 heterocycles. The summed E-state index contributed by atoms with van der Waals surface area (Å²) in [6.45, 7) is 6.24. The van der Waals surface area contributed by atoms with E-state index >= 15 is 0 Å². The number of benzene rings is 1. The largest absolute Gasteiger partial charge is 0.396 e. The van der Waals surface area contributed by atoms with Crippen LogP contribution in [0, 0.1) is 24.1 Å². The Labute approximate surface area is 172 Å². The number of anilines is 1. The molecule has 1 N–H and O–H groups in total. The van der Waals surface area contributed by atoms with E-state index in [4.69, 9.17) is 9.51 Å². The first-order valence-electron chi connectivity index (χ1n) is 9.76. The van der Waals surface area contributed by atoms with Crippen LogP contribution in [0.15, 0.2) is 40.2 Å². The quantitative estimate of drug-likeness (QED) is 0.692. The Hall–Kier alpha value is -2.29. The number of nitrogens with zero attached hydrogens (tertiary/aromatic N) is 4. The summed E-state index contributed by atoms with van der Waals surface area (Å²) in [6.07, 6.45) is 0. The highest BCUT2D eigenvalue weighted by Gasteiger charge is 2.52. The second-order valence-corrected chi connectivity index (χ2v) is 9.06. The first-order chi connectivity index (χ1) is 14.0. The molecule has 2 unspecified atom stereocenters. The van der Waals surface area contributed by atoms with Crippen LogP contribution < -0.4 is 4.90 Å². The van der Waals surface area contributed by atoms with Crippen molar-refractivity contribution >= 4 is 16.5 Å². The molecular weight excluding hydrogens is 391 g/mol. The molecule has 0 bridgehead atoms. The van der Waals surface area contributed by atoms with E-state index in [1.165, 1.54) is 12.1 Å². The second-order valence-electron chi connectivity index (χ2n) is 8.22. The van der Waals surface area contributed by atoms with E-state index in [2.05, 4.69) is 15.0 Å². The van der Waals surface area contributed by atoms with Crippen LogP contribution in [-0.2, 0) is 6.54 Å². The van der Waals surface area contributed by atoms with Gasteiger partial charge in [-0.3, -0.25) is 4.90 Å². The Morgan fingerprint density at radius 1 is 1.28 bits per heavy atom.